The second-order valence-electron chi connectivity index (χ2n) is 8.02. The number of carboxylic acids is 2. The first kappa shape index (κ1) is 29.7. The lowest BCUT2D eigenvalue weighted by Gasteiger charge is -2.26. The Balaban J connectivity index is 5.59. The summed E-state index contributed by atoms with van der Waals surface area (Å²) < 4.78 is 0. The summed E-state index contributed by atoms with van der Waals surface area (Å²) in [6.45, 7) is 4.72. The van der Waals surface area contributed by atoms with Gasteiger partial charge in [0, 0.05) is 6.42 Å². The Morgan fingerprint density at radius 1 is 0.818 bits per heavy atom. The molecule has 0 spiro atoms. The normalized spacial score (nSPS) is 15.5. The van der Waals surface area contributed by atoms with Gasteiger partial charge in [-0.25, -0.2) is 4.79 Å². The van der Waals surface area contributed by atoms with Gasteiger partial charge in [-0.15, -0.1) is 0 Å². The largest absolute Gasteiger partial charge is 0.481 e. The Kier molecular flexibility index (Phi) is 12.6. The second-order valence-corrected chi connectivity index (χ2v) is 8.02. The number of primary amides is 1. The van der Waals surface area contributed by atoms with Crippen LogP contribution in [0.2, 0.25) is 0 Å². The summed E-state index contributed by atoms with van der Waals surface area (Å²) in [4.78, 5) is 70.9. The van der Waals surface area contributed by atoms with Gasteiger partial charge in [-0.05, 0) is 25.7 Å². The van der Waals surface area contributed by atoms with Crippen molar-refractivity contribution in [2.75, 3.05) is 0 Å². The van der Waals surface area contributed by atoms with E-state index in [0.29, 0.717) is 0 Å². The van der Waals surface area contributed by atoms with Crippen molar-refractivity contribution in [2.45, 2.75) is 76.7 Å². The first-order valence-electron chi connectivity index (χ1n) is 10.2. The standard InChI is InChI=1S/C19H33N5O9/c1-8(2)6-11(17(30)24-12(19(32)33)7-13(20)26)23-16(29)10(4-5-14(27)28)22-18(31)15(21)9(3)25/h8-12,15,25H,4-7,21H2,1-3H3,(H2,20,26)(H,22,31)(H,23,29)(H,24,30)(H,27,28)(H,32,33). The fourth-order valence-electron chi connectivity index (χ4n) is 2.67. The average molecular weight is 475 g/mol. The summed E-state index contributed by atoms with van der Waals surface area (Å²) >= 11 is 0. The summed E-state index contributed by atoms with van der Waals surface area (Å²) in [6, 6.07) is -5.67. The second kappa shape index (κ2) is 14.0. The Labute approximate surface area is 190 Å². The van der Waals surface area contributed by atoms with Crippen LogP contribution < -0.4 is 27.4 Å². The van der Waals surface area contributed by atoms with Gasteiger partial charge in [-0.1, -0.05) is 13.8 Å². The molecule has 4 amide bonds. The highest BCUT2D eigenvalue weighted by atomic mass is 16.4. The number of hydrogen-bond acceptors (Lipinski definition) is 8. The molecular formula is C19H33N5O9. The number of carboxylic acid groups (broad SMARTS) is 2. The molecule has 0 radical (unpaired) electrons. The molecule has 0 aromatic carbocycles. The van der Waals surface area contributed by atoms with Crippen LogP contribution in [0.4, 0.5) is 0 Å². The number of rotatable bonds is 15. The summed E-state index contributed by atoms with van der Waals surface area (Å²) in [5, 5.41) is 34.3. The predicted molar refractivity (Wildman–Crippen MR) is 113 cm³/mol. The molecule has 10 N–H and O–H groups in total. The third kappa shape index (κ3) is 11.8. The van der Waals surface area contributed by atoms with Crippen LogP contribution in [0.5, 0.6) is 0 Å². The van der Waals surface area contributed by atoms with Crippen molar-refractivity contribution in [2.24, 2.45) is 17.4 Å². The van der Waals surface area contributed by atoms with Gasteiger partial charge >= 0.3 is 11.9 Å². The van der Waals surface area contributed by atoms with Crippen LogP contribution >= 0.6 is 0 Å². The van der Waals surface area contributed by atoms with Gasteiger partial charge in [0.2, 0.25) is 23.6 Å². The summed E-state index contributed by atoms with van der Waals surface area (Å²) in [5.41, 5.74) is 10.5. The molecule has 0 aliphatic carbocycles. The van der Waals surface area contributed by atoms with Crippen LogP contribution in [0.25, 0.3) is 0 Å². The maximum atomic E-state index is 12.8. The van der Waals surface area contributed by atoms with Gasteiger partial charge in [-0.3, -0.25) is 24.0 Å². The number of amides is 4. The van der Waals surface area contributed by atoms with Crippen molar-refractivity contribution in [3.05, 3.63) is 0 Å². The minimum atomic E-state index is -1.62. The minimum Gasteiger partial charge on any atom is -0.481 e. The zero-order valence-electron chi connectivity index (χ0n) is 18.7. The van der Waals surface area contributed by atoms with Gasteiger partial charge in [-0.2, -0.15) is 0 Å². The molecule has 14 nitrogen and oxygen atoms in total. The van der Waals surface area contributed by atoms with Crippen LogP contribution in [0.3, 0.4) is 0 Å². The summed E-state index contributed by atoms with van der Waals surface area (Å²) in [6.07, 6.45) is -2.69. The van der Waals surface area contributed by atoms with E-state index in [1.165, 1.54) is 6.92 Å². The highest BCUT2D eigenvalue weighted by Gasteiger charge is 2.32. The minimum absolute atomic E-state index is 0.0628. The van der Waals surface area contributed by atoms with Gasteiger partial charge in [0.25, 0.3) is 0 Å². The molecule has 0 bridgehead atoms. The molecule has 0 heterocycles. The molecule has 0 aromatic heterocycles. The van der Waals surface area contributed by atoms with E-state index in [1.807, 2.05) is 0 Å². The third-order valence-electron chi connectivity index (χ3n) is 4.46. The molecule has 0 rings (SSSR count). The summed E-state index contributed by atoms with van der Waals surface area (Å²) in [7, 11) is 0. The Hall–Kier alpha value is -3.26. The van der Waals surface area contributed by atoms with Gasteiger partial charge in [0.05, 0.1) is 12.5 Å². The Bertz CT molecular complexity index is 741. The van der Waals surface area contributed by atoms with Gasteiger partial charge in [0.15, 0.2) is 0 Å². The van der Waals surface area contributed by atoms with E-state index in [9.17, 15) is 39.0 Å². The van der Waals surface area contributed by atoms with E-state index in [2.05, 4.69) is 16.0 Å². The average Bonchev–Trinajstić information content (AvgIpc) is 2.67. The molecule has 0 aliphatic heterocycles. The van der Waals surface area contributed by atoms with E-state index in [4.69, 9.17) is 16.6 Å². The maximum Gasteiger partial charge on any atom is 0.326 e. The van der Waals surface area contributed by atoms with Crippen molar-refractivity contribution in [3.8, 4) is 0 Å². The highest BCUT2D eigenvalue weighted by molar-refractivity contribution is 5.95. The maximum absolute atomic E-state index is 12.8. The first-order valence-corrected chi connectivity index (χ1v) is 10.2. The number of carbonyl (C=O) groups is 6. The molecule has 0 fully saturated rings. The number of aliphatic hydroxyl groups is 1. The zero-order valence-corrected chi connectivity index (χ0v) is 18.7. The van der Waals surface area contributed by atoms with Crippen LogP contribution in [0, 0.1) is 5.92 Å². The molecule has 188 valence electrons. The van der Waals surface area contributed by atoms with Crippen LogP contribution in [0.1, 0.15) is 46.5 Å². The van der Waals surface area contributed by atoms with E-state index < -0.39 is 78.7 Å². The van der Waals surface area contributed by atoms with Crippen molar-refractivity contribution in [1.29, 1.82) is 0 Å². The lowest BCUT2D eigenvalue weighted by atomic mass is 10.0. The van der Waals surface area contributed by atoms with Crippen molar-refractivity contribution in [3.63, 3.8) is 0 Å². The van der Waals surface area contributed by atoms with E-state index in [-0.39, 0.29) is 18.8 Å². The monoisotopic (exact) mass is 475 g/mol. The van der Waals surface area contributed by atoms with Crippen molar-refractivity contribution in [1.82, 2.24) is 16.0 Å². The zero-order chi connectivity index (χ0) is 25.9. The molecule has 33 heavy (non-hydrogen) atoms. The fraction of sp³-hybridized carbons (Fsp3) is 0.684. The SMILES string of the molecule is CC(C)CC(NC(=O)C(CCC(=O)O)NC(=O)C(N)C(C)O)C(=O)NC(CC(N)=O)C(=O)O. The van der Waals surface area contributed by atoms with Crippen molar-refractivity contribution < 1.29 is 44.1 Å². The highest BCUT2D eigenvalue weighted by Crippen LogP contribution is 2.08. The van der Waals surface area contributed by atoms with Crippen molar-refractivity contribution >= 4 is 35.6 Å². The Morgan fingerprint density at radius 2 is 1.30 bits per heavy atom. The molecule has 0 saturated heterocycles. The predicted octanol–water partition coefficient (Wildman–Crippen LogP) is -2.98. The van der Waals surface area contributed by atoms with Crippen LogP contribution in [-0.2, 0) is 28.8 Å². The number of aliphatic hydroxyl groups excluding tert-OH is 1. The molecule has 0 saturated carbocycles. The number of hydrogen-bond donors (Lipinski definition) is 8. The molecule has 0 aromatic rings. The van der Waals surface area contributed by atoms with Gasteiger partial charge < -0.3 is 42.7 Å². The Morgan fingerprint density at radius 3 is 1.73 bits per heavy atom. The van der Waals surface area contributed by atoms with E-state index in [1.54, 1.807) is 13.8 Å². The molecule has 5 atom stereocenters. The molecule has 14 heteroatoms. The van der Waals surface area contributed by atoms with E-state index >= 15 is 0 Å². The number of aliphatic carboxylic acids is 2. The first-order chi connectivity index (χ1) is 15.1. The quantitative estimate of drug-likeness (QED) is 0.119. The number of nitrogens with two attached hydrogens (primary N) is 2. The number of carbonyl (C=O) groups excluding carboxylic acids is 4. The smallest absolute Gasteiger partial charge is 0.326 e. The topological polar surface area (TPSA) is 251 Å². The van der Waals surface area contributed by atoms with Gasteiger partial charge in [0.1, 0.15) is 24.2 Å². The molecular weight excluding hydrogens is 442 g/mol. The third-order valence-corrected chi connectivity index (χ3v) is 4.46. The lowest BCUT2D eigenvalue weighted by molar-refractivity contribution is -0.144. The van der Waals surface area contributed by atoms with E-state index in [0.717, 1.165) is 0 Å². The van der Waals surface area contributed by atoms with Crippen LogP contribution in [0.15, 0.2) is 0 Å². The molecule has 0 aliphatic rings. The van der Waals surface area contributed by atoms with Crippen LogP contribution in [-0.4, -0.2) is 81.2 Å². The number of nitrogens with one attached hydrogen (secondary N) is 3. The fourth-order valence-corrected chi connectivity index (χ4v) is 2.67. The molecule has 5 unspecified atom stereocenters. The summed E-state index contributed by atoms with van der Waals surface area (Å²) in [5.74, 6) is -6.58. The lowest BCUT2D eigenvalue weighted by Crippen LogP contribution is -2.58.